The van der Waals surface area contributed by atoms with E-state index in [0.29, 0.717) is 0 Å². The van der Waals surface area contributed by atoms with Gasteiger partial charge in [-0.3, -0.25) is 4.99 Å². The van der Waals surface area contributed by atoms with Crippen LogP contribution in [0, 0.1) is 0 Å². The Bertz CT molecular complexity index is 712. The molecule has 1 aliphatic rings. The molecule has 1 aliphatic heterocycles. The van der Waals surface area contributed by atoms with Crippen molar-refractivity contribution in [3.8, 4) is 0 Å². The average molecular weight is 540 g/mol. The largest absolute Gasteiger partial charge is 0.381 e. The fraction of sp³-hybridized carbons (Fsp3) is 0.458. The van der Waals surface area contributed by atoms with Crippen LogP contribution in [0.1, 0.15) is 36.8 Å². The zero-order valence-electron chi connectivity index (χ0n) is 18.0. The van der Waals surface area contributed by atoms with Crippen LogP contribution in [-0.2, 0) is 4.74 Å². The maximum atomic E-state index is 5.56. The number of aliphatic imine (C=N–C) groups is 1. The van der Waals surface area contributed by atoms with Gasteiger partial charge in [-0.1, -0.05) is 60.7 Å². The van der Waals surface area contributed by atoms with Crippen molar-refractivity contribution in [3.63, 3.8) is 0 Å². The number of nitrogens with one attached hydrogen (secondary N) is 2. The average Bonchev–Trinajstić information content (AvgIpc) is 2.79. The molecule has 4 nitrogen and oxygen atoms in total. The molecule has 3 rings (SSSR count). The van der Waals surface area contributed by atoms with Gasteiger partial charge >= 0.3 is 0 Å². The molecule has 0 bridgehead atoms. The monoisotopic (exact) mass is 539 g/mol. The second-order valence-electron chi connectivity index (χ2n) is 7.45. The van der Waals surface area contributed by atoms with Crippen molar-refractivity contribution < 1.29 is 4.74 Å². The summed E-state index contributed by atoms with van der Waals surface area (Å²) in [6.45, 7) is 6.25. The maximum absolute atomic E-state index is 5.56. The number of benzene rings is 2. The second-order valence-corrected chi connectivity index (χ2v) is 8.72. The van der Waals surface area contributed by atoms with Crippen LogP contribution >= 0.6 is 35.7 Å². The summed E-state index contributed by atoms with van der Waals surface area (Å²) in [6, 6.07) is 21.4. The lowest BCUT2D eigenvalue weighted by Crippen LogP contribution is -2.42. The highest BCUT2D eigenvalue weighted by atomic mass is 127. The molecular weight excluding hydrogens is 505 g/mol. The lowest BCUT2D eigenvalue weighted by atomic mass is 9.91. The van der Waals surface area contributed by atoms with E-state index < -0.39 is 0 Å². The van der Waals surface area contributed by atoms with Crippen LogP contribution in [0.4, 0.5) is 0 Å². The molecular formula is C24H34IN3OS. The van der Waals surface area contributed by atoms with Crippen molar-refractivity contribution in [2.45, 2.75) is 30.4 Å². The highest BCUT2D eigenvalue weighted by Crippen LogP contribution is 2.34. The third kappa shape index (κ3) is 7.17. The third-order valence-electron chi connectivity index (χ3n) is 5.58. The number of rotatable bonds is 8. The highest BCUT2D eigenvalue weighted by molar-refractivity contribution is 14.0. The van der Waals surface area contributed by atoms with Gasteiger partial charge in [0.1, 0.15) is 0 Å². The van der Waals surface area contributed by atoms with E-state index in [0.717, 1.165) is 51.6 Å². The van der Waals surface area contributed by atoms with Crippen LogP contribution in [0.2, 0.25) is 0 Å². The fourth-order valence-corrected chi connectivity index (χ4v) is 4.50. The predicted molar refractivity (Wildman–Crippen MR) is 140 cm³/mol. The van der Waals surface area contributed by atoms with E-state index in [2.05, 4.69) is 84.5 Å². The topological polar surface area (TPSA) is 45.7 Å². The summed E-state index contributed by atoms with van der Waals surface area (Å²) in [5.74, 6) is 1.17. The first kappa shape index (κ1) is 25.0. The Hall–Kier alpha value is -1.25. The summed E-state index contributed by atoms with van der Waals surface area (Å²) in [5, 5.41) is 7.02. The zero-order chi connectivity index (χ0) is 20.4. The number of halogens is 1. The van der Waals surface area contributed by atoms with Gasteiger partial charge in [-0.15, -0.1) is 24.0 Å². The van der Waals surface area contributed by atoms with Crippen molar-refractivity contribution in [3.05, 3.63) is 71.8 Å². The van der Waals surface area contributed by atoms with Crippen LogP contribution in [0.3, 0.4) is 0 Å². The van der Waals surface area contributed by atoms with E-state index >= 15 is 0 Å². The number of hydrogen-bond donors (Lipinski definition) is 2. The number of hydrogen-bond acceptors (Lipinski definition) is 3. The molecule has 164 valence electrons. The Morgan fingerprint density at radius 2 is 1.57 bits per heavy atom. The molecule has 2 aromatic carbocycles. The van der Waals surface area contributed by atoms with Crippen molar-refractivity contribution >= 4 is 41.7 Å². The quantitative estimate of drug-likeness (QED) is 0.285. The van der Waals surface area contributed by atoms with Gasteiger partial charge in [0.2, 0.25) is 0 Å². The molecule has 0 spiro atoms. The van der Waals surface area contributed by atoms with Gasteiger partial charge in [-0.05, 0) is 37.1 Å². The first-order valence-electron chi connectivity index (χ1n) is 10.5. The Morgan fingerprint density at radius 1 is 1.00 bits per heavy atom. The molecule has 6 heteroatoms. The maximum Gasteiger partial charge on any atom is 0.191 e. The second kappa shape index (κ2) is 13.2. The molecule has 2 N–H and O–H groups in total. The van der Waals surface area contributed by atoms with Gasteiger partial charge in [0.05, 0.1) is 6.54 Å². The minimum atomic E-state index is 0. The van der Waals surface area contributed by atoms with Gasteiger partial charge < -0.3 is 15.4 Å². The molecule has 1 heterocycles. The van der Waals surface area contributed by atoms with E-state index in [1.54, 1.807) is 0 Å². The number of thioether (sulfide) groups is 1. The summed E-state index contributed by atoms with van der Waals surface area (Å²) >= 11 is 1.93. The highest BCUT2D eigenvalue weighted by Gasteiger charge is 2.31. The minimum Gasteiger partial charge on any atom is -0.381 e. The zero-order valence-corrected chi connectivity index (χ0v) is 21.1. The summed E-state index contributed by atoms with van der Waals surface area (Å²) < 4.78 is 5.76. The molecule has 2 aromatic rings. The Balaban J connectivity index is 0.00000320. The molecule has 0 atom stereocenters. The Labute approximate surface area is 202 Å². The van der Waals surface area contributed by atoms with Crippen LogP contribution in [0.15, 0.2) is 65.7 Å². The molecule has 30 heavy (non-hydrogen) atoms. The fourth-order valence-electron chi connectivity index (χ4n) is 3.73. The SMILES string of the molecule is CCNC(=NCC1(SC)CCOCC1)NCC(c1ccccc1)c1ccccc1.I. The molecule has 1 saturated heterocycles. The molecule has 0 aromatic heterocycles. The van der Waals surface area contributed by atoms with Gasteiger partial charge in [-0.2, -0.15) is 11.8 Å². The van der Waals surface area contributed by atoms with E-state index in [1.807, 2.05) is 11.8 Å². The molecule has 1 fully saturated rings. The first-order chi connectivity index (χ1) is 14.3. The van der Waals surface area contributed by atoms with Crippen LogP contribution in [0.5, 0.6) is 0 Å². The molecule has 0 aliphatic carbocycles. The van der Waals surface area contributed by atoms with Crippen molar-refractivity contribution in [1.29, 1.82) is 0 Å². The lowest BCUT2D eigenvalue weighted by molar-refractivity contribution is 0.0794. The van der Waals surface area contributed by atoms with Crippen LogP contribution in [0.25, 0.3) is 0 Å². The summed E-state index contributed by atoms with van der Waals surface area (Å²) in [5.41, 5.74) is 2.62. The van der Waals surface area contributed by atoms with E-state index in [4.69, 9.17) is 9.73 Å². The predicted octanol–water partition coefficient (Wildman–Crippen LogP) is 4.90. The number of nitrogens with zero attached hydrogens (tertiary/aromatic N) is 1. The van der Waals surface area contributed by atoms with Crippen molar-refractivity contribution in [2.75, 3.05) is 39.1 Å². The first-order valence-corrected chi connectivity index (χ1v) is 11.7. The van der Waals surface area contributed by atoms with E-state index in [1.165, 1.54) is 11.1 Å². The van der Waals surface area contributed by atoms with Gasteiger partial charge in [0, 0.05) is 37.0 Å². The Kier molecular flexibility index (Phi) is 11.0. The van der Waals surface area contributed by atoms with Crippen molar-refractivity contribution in [1.82, 2.24) is 10.6 Å². The van der Waals surface area contributed by atoms with Crippen molar-refractivity contribution in [2.24, 2.45) is 4.99 Å². The molecule has 0 unspecified atom stereocenters. The molecule has 0 saturated carbocycles. The Morgan fingerprint density at radius 3 is 2.07 bits per heavy atom. The van der Waals surface area contributed by atoms with E-state index in [9.17, 15) is 0 Å². The molecule has 0 radical (unpaired) electrons. The standard InChI is InChI=1S/C24H33N3OS.HI/c1-3-25-23(27-19-24(29-2)14-16-28-17-15-24)26-18-22(20-10-6-4-7-11-20)21-12-8-5-9-13-21;/h4-13,22H,3,14-19H2,1-2H3,(H2,25,26,27);1H. The summed E-state index contributed by atoms with van der Waals surface area (Å²) in [4.78, 5) is 4.96. The lowest BCUT2D eigenvalue weighted by Gasteiger charge is -2.34. The third-order valence-corrected chi connectivity index (χ3v) is 6.99. The smallest absolute Gasteiger partial charge is 0.191 e. The van der Waals surface area contributed by atoms with Crippen LogP contribution in [-0.4, -0.2) is 49.8 Å². The van der Waals surface area contributed by atoms with Gasteiger partial charge in [0.25, 0.3) is 0 Å². The van der Waals surface area contributed by atoms with Gasteiger partial charge in [-0.25, -0.2) is 0 Å². The van der Waals surface area contributed by atoms with Crippen LogP contribution < -0.4 is 10.6 Å². The summed E-state index contributed by atoms with van der Waals surface area (Å²) in [7, 11) is 0. The minimum absolute atomic E-state index is 0. The van der Waals surface area contributed by atoms with E-state index in [-0.39, 0.29) is 34.6 Å². The number of guanidine groups is 1. The van der Waals surface area contributed by atoms with Gasteiger partial charge in [0.15, 0.2) is 5.96 Å². The molecule has 0 amide bonds. The normalized spacial score (nSPS) is 16.0. The number of ether oxygens (including phenoxy) is 1. The summed E-state index contributed by atoms with van der Waals surface area (Å²) in [6.07, 6.45) is 4.32.